The van der Waals surface area contributed by atoms with Gasteiger partial charge in [-0.25, -0.2) is 9.97 Å². The molecule has 0 aliphatic heterocycles. The van der Waals surface area contributed by atoms with Crippen LogP contribution in [0.3, 0.4) is 0 Å². The fraction of sp³-hybridized carbons (Fsp3) is 0.312. The molecule has 0 aliphatic carbocycles. The lowest BCUT2D eigenvalue weighted by molar-refractivity contribution is 0.0951. The second-order valence-electron chi connectivity index (χ2n) is 5.38. The molecule has 1 aromatic carbocycles. The zero-order valence-electron chi connectivity index (χ0n) is 12.7. The van der Waals surface area contributed by atoms with Gasteiger partial charge in [-0.1, -0.05) is 26.0 Å². The summed E-state index contributed by atoms with van der Waals surface area (Å²) in [6.07, 6.45) is 0. The number of aromatic nitrogens is 2. The molecular weight excluding hydrogens is 298 g/mol. The quantitative estimate of drug-likeness (QED) is 0.798. The molecule has 1 amide bonds. The Kier molecular flexibility index (Phi) is 3.94. The molecule has 0 spiro atoms. The maximum absolute atomic E-state index is 12.3. The van der Waals surface area contributed by atoms with Crippen LogP contribution in [0, 0.1) is 6.92 Å². The van der Waals surface area contributed by atoms with E-state index in [4.69, 9.17) is 4.42 Å². The third-order valence-corrected chi connectivity index (χ3v) is 4.71. The van der Waals surface area contributed by atoms with Gasteiger partial charge >= 0.3 is 0 Å². The Morgan fingerprint density at radius 3 is 2.77 bits per heavy atom. The molecule has 3 aromatic rings. The summed E-state index contributed by atoms with van der Waals surface area (Å²) in [6.45, 7) is 6.26. The van der Waals surface area contributed by atoms with E-state index in [1.54, 1.807) is 0 Å². The van der Waals surface area contributed by atoms with Crippen LogP contribution in [0.25, 0.3) is 11.1 Å². The van der Waals surface area contributed by atoms with Crippen molar-refractivity contribution in [3.8, 4) is 0 Å². The van der Waals surface area contributed by atoms with Gasteiger partial charge in [0.05, 0.1) is 17.2 Å². The Morgan fingerprint density at radius 2 is 2.09 bits per heavy atom. The van der Waals surface area contributed by atoms with Gasteiger partial charge in [-0.2, -0.15) is 0 Å². The first-order valence-electron chi connectivity index (χ1n) is 7.14. The van der Waals surface area contributed by atoms with Gasteiger partial charge in [0, 0.05) is 5.92 Å². The number of thiazole rings is 1. The predicted molar refractivity (Wildman–Crippen MR) is 86.1 cm³/mol. The number of carbonyl (C=O) groups excluding carboxylic acids is 1. The molecule has 1 N–H and O–H groups in total. The van der Waals surface area contributed by atoms with Gasteiger partial charge in [0.2, 0.25) is 5.89 Å². The van der Waals surface area contributed by atoms with Crippen molar-refractivity contribution in [2.24, 2.45) is 0 Å². The summed E-state index contributed by atoms with van der Waals surface area (Å²) in [5.74, 6) is 0.687. The average molecular weight is 315 g/mol. The van der Waals surface area contributed by atoms with Crippen molar-refractivity contribution in [3.05, 3.63) is 45.7 Å². The van der Waals surface area contributed by atoms with E-state index in [1.165, 1.54) is 11.3 Å². The van der Waals surface area contributed by atoms with Gasteiger partial charge in [-0.3, -0.25) is 4.79 Å². The number of carbonyl (C=O) groups is 1. The Labute approximate surface area is 132 Å². The van der Waals surface area contributed by atoms with Crippen molar-refractivity contribution in [2.45, 2.75) is 33.2 Å². The van der Waals surface area contributed by atoms with Crippen LogP contribution in [0.2, 0.25) is 0 Å². The zero-order valence-corrected chi connectivity index (χ0v) is 13.5. The van der Waals surface area contributed by atoms with Crippen molar-refractivity contribution in [3.63, 3.8) is 0 Å². The molecule has 5 nitrogen and oxygen atoms in total. The molecular formula is C16H17N3O2S. The molecule has 3 rings (SSSR count). The second-order valence-corrected chi connectivity index (χ2v) is 6.41. The monoisotopic (exact) mass is 315 g/mol. The number of nitrogens with zero attached hydrogens (tertiary/aromatic N) is 2. The minimum absolute atomic E-state index is 0.135. The first-order valence-corrected chi connectivity index (χ1v) is 7.96. The molecule has 114 valence electrons. The molecule has 2 heterocycles. The normalized spacial score (nSPS) is 11.3. The number of hydrogen-bond acceptors (Lipinski definition) is 5. The number of nitrogens with one attached hydrogen (secondary N) is 1. The van der Waals surface area contributed by atoms with Crippen LogP contribution in [0.1, 0.15) is 46.0 Å². The van der Waals surface area contributed by atoms with E-state index in [9.17, 15) is 4.79 Å². The zero-order chi connectivity index (χ0) is 15.7. The lowest BCUT2D eigenvalue weighted by Crippen LogP contribution is -2.22. The van der Waals surface area contributed by atoms with Crippen LogP contribution in [0.15, 0.2) is 28.7 Å². The fourth-order valence-corrected chi connectivity index (χ4v) is 3.09. The lowest BCUT2D eigenvalue weighted by Gasteiger charge is -2.00. The van der Waals surface area contributed by atoms with E-state index in [-0.39, 0.29) is 12.5 Å². The maximum atomic E-state index is 12.3. The minimum atomic E-state index is -0.135. The Bertz CT molecular complexity index is 787. The molecule has 6 heteroatoms. The maximum Gasteiger partial charge on any atom is 0.263 e. The van der Waals surface area contributed by atoms with Gasteiger partial charge in [-0.15, -0.1) is 11.3 Å². The van der Waals surface area contributed by atoms with Crippen LogP contribution in [-0.4, -0.2) is 15.9 Å². The summed E-state index contributed by atoms with van der Waals surface area (Å²) in [6, 6.07) is 7.54. The summed E-state index contributed by atoms with van der Waals surface area (Å²) >= 11 is 1.44. The number of rotatable bonds is 4. The van der Waals surface area contributed by atoms with Gasteiger partial charge < -0.3 is 9.73 Å². The van der Waals surface area contributed by atoms with E-state index in [1.807, 2.05) is 31.2 Å². The summed E-state index contributed by atoms with van der Waals surface area (Å²) in [4.78, 5) is 21.7. The van der Waals surface area contributed by atoms with E-state index in [0.717, 1.165) is 21.8 Å². The molecule has 0 unspecified atom stereocenters. The van der Waals surface area contributed by atoms with E-state index in [2.05, 4.69) is 29.1 Å². The largest absolute Gasteiger partial charge is 0.439 e. The first kappa shape index (κ1) is 14.7. The highest BCUT2D eigenvalue weighted by molar-refractivity contribution is 7.13. The van der Waals surface area contributed by atoms with Crippen molar-refractivity contribution >= 4 is 28.3 Å². The molecule has 0 saturated carbocycles. The third kappa shape index (κ3) is 2.87. The van der Waals surface area contributed by atoms with Gasteiger partial charge in [0.1, 0.15) is 10.4 Å². The van der Waals surface area contributed by atoms with Crippen molar-refractivity contribution < 1.29 is 9.21 Å². The van der Waals surface area contributed by atoms with Crippen LogP contribution >= 0.6 is 11.3 Å². The molecule has 0 saturated heterocycles. The molecule has 22 heavy (non-hydrogen) atoms. The SMILES string of the molecule is Cc1nc(C(C)C)sc1C(=O)NCc1nc2ccccc2o1. The topological polar surface area (TPSA) is 68.0 Å². The highest BCUT2D eigenvalue weighted by Crippen LogP contribution is 2.24. The number of benzene rings is 1. The summed E-state index contributed by atoms with van der Waals surface area (Å²) < 4.78 is 5.59. The molecule has 0 bridgehead atoms. The highest BCUT2D eigenvalue weighted by atomic mass is 32.1. The first-order chi connectivity index (χ1) is 10.5. The summed E-state index contributed by atoms with van der Waals surface area (Å²) in [5, 5.41) is 3.82. The van der Waals surface area contributed by atoms with Crippen molar-refractivity contribution in [1.29, 1.82) is 0 Å². The lowest BCUT2D eigenvalue weighted by atomic mass is 10.2. The Balaban J connectivity index is 1.71. The van der Waals surface area contributed by atoms with E-state index in [0.29, 0.717) is 16.7 Å². The van der Waals surface area contributed by atoms with Crippen molar-refractivity contribution in [2.75, 3.05) is 0 Å². The number of amides is 1. The Hall–Kier alpha value is -2.21. The summed E-state index contributed by atoms with van der Waals surface area (Å²) in [7, 11) is 0. The van der Waals surface area contributed by atoms with Gasteiger partial charge in [0.15, 0.2) is 5.58 Å². The Morgan fingerprint density at radius 1 is 1.32 bits per heavy atom. The van der Waals surface area contributed by atoms with Crippen LogP contribution < -0.4 is 5.32 Å². The minimum Gasteiger partial charge on any atom is -0.439 e. The average Bonchev–Trinajstić information content (AvgIpc) is 3.07. The van der Waals surface area contributed by atoms with Gasteiger partial charge in [-0.05, 0) is 19.1 Å². The number of aryl methyl sites for hydroxylation is 1. The number of hydrogen-bond donors (Lipinski definition) is 1. The standard InChI is InChI=1S/C16H17N3O2S/c1-9(2)16-18-10(3)14(22-16)15(20)17-8-13-19-11-6-4-5-7-12(11)21-13/h4-7,9H,8H2,1-3H3,(H,17,20). The van der Waals surface area contributed by atoms with E-state index >= 15 is 0 Å². The molecule has 0 atom stereocenters. The van der Waals surface area contributed by atoms with Crippen molar-refractivity contribution in [1.82, 2.24) is 15.3 Å². The highest BCUT2D eigenvalue weighted by Gasteiger charge is 2.17. The fourth-order valence-electron chi connectivity index (χ4n) is 2.11. The smallest absolute Gasteiger partial charge is 0.263 e. The molecule has 2 aromatic heterocycles. The van der Waals surface area contributed by atoms with Gasteiger partial charge in [0.25, 0.3) is 5.91 Å². The second kappa shape index (κ2) is 5.88. The molecule has 0 radical (unpaired) electrons. The molecule has 0 aliphatic rings. The predicted octanol–water partition coefficient (Wildman–Crippen LogP) is 3.65. The summed E-state index contributed by atoms with van der Waals surface area (Å²) in [5.41, 5.74) is 2.29. The van der Waals surface area contributed by atoms with E-state index < -0.39 is 0 Å². The number of oxazole rings is 1. The van der Waals surface area contributed by atoms with Crippen LogP contribution in [0.4, 0.5) is 0 Å². The number of fused-ring (bicyclic) bond motifs is 1. The van der Waals surface area contributed by atoms with Crippen LogP contribution in [-0.2, 0) is 6.54 Å². The third-order valence-electron chi connectivity index (χ3n) is 3.25. The number of para-hydroxylation sites is 2. The van der Waals surface area contributed by atoms with Crippen LogP contribution in [0.5, 0.6) is 0 Å². The molecule has 0 fully saturated rings.